The van der Waals surface area contributed by atoms with Crippen molar-refractivity contribution in [3.05, 3.63) is 0 Å². The zero-order chi connectivity index (χ0) is 12.4. The summed E-state index contributed by atoms with van der Waals surface area (Å²) < 4.78 is 0. The molecule has 0 aromatic heterocycles. The molecule has 2 heterocycles. The van der Waals surface area contributed by atoms with Crippen molar-refractivity contribution < 1.29 is 0 Å². The molecule has 0 bridgehead atoms. The van der Waals surface area contributed by atoms with Crippen LogP contribution in [0.2, 0.25) is 0 Å². The average Bonchev–Trinajstić information content (AvgIpc) is 2.41. The highest BCUT2D eigenvalue weighted by atomic mass is 15.2. The topological polar surface area (TPSA) is 15.3 Å². The van der Waals surface area contributed by atoms with Gasteiger partial charge >= 0.3 is 0 Å². The molecular formula is C16H30N2. The average molecular weight is 250 g/mol. The number of likely N-dealkylation sites (tertiary alicyclic amines) is 1. The molecule has 1 aliphatic carbocycles. The molecule has 3 fully saturated rings. The van der Waals surface area contributed by atoms with Gasteiger partial charge in [0.15, 0.2) is 0 Å². The molecule has 2 heteroatoms. The maximum atomic E-state index is 3.98. The smallest absolute Gasteiger partial charge is 0.0197 e. The normalized spacial score (nSPS) is 42.5. The van der Waals surface area contributed by atoms with Crippen molar-refractivity contribution in [3.63, 3.8) is 0 Å². The lowest BCUT2D eigenvalue weighted by atomic mass is 9.77. The summed E-state index contributed by atoms with van der Waals surface area (Å²) in [5.41, 5.74) is 0. The number of nitrogens with zero attached hydrogens (tertiary/aromatic N) is 1. The monoisotopic (exact) mass is 250 g/mol. The molecule has 1 N–H and O–H groups in total. The van der Waals surface area contributed by atoms with E-state index in [-0.39, 0.29) is 0 Å². The number of fused-ring (bicyclic) bond motifs is 1. The predicted octanol–water partition coefficient (Wildman–Crippen LogP) is 3.17. The van der Waals surface area contributed by atoms with Gasteiger partial charge in [0.2, 0.25) is 0 Å². The van der Waals surface area contributed by atoms with E-state index in [1.807, 2.05) is 0 Å². The molecule has 2 saturated heterocycles. The molecule has 0 aromatic carbocycles. The Morgan fingerprint density at radius 3 is 2.67 bits per heavy atom. The van der Waals surface area contributed by atoms with E-state index >= 15 is 0 Å². The first-order valence-corrected chi connectivity index (χ1v) is 8.33. The van der Waals surface area contributed by atoms with Crippen molar-refractivity contribution in [1.29, 1.82) is 0 Å². The number of piperidine rings is 2. The molecule has 4 atom stereocenters. The van der Waals surface area contributed by atoms with Crippen LogP contribution in [0, 0.1) is 5.92 Å². The van der Waals surface area contributed by atoms with Crippen molar-refractivity contribution in [2.75, 3.05) is 13.1 Å². The third kappa shape index (κ3) is 2.91. The van der Waals surface area contributed by atoms with Crippen LogP contribution in [0.4, 0.5) is 0 Å². The van der Waals surface area contributed by atoms with E-state index in [1.165, 1.54) is 70.9 Å². The van der Waals surface area contributed by atoms with Crippen LogP contribution in [0.15, 0.2) is 0 Å². The van der Waals surface area contributed by atoms with Gasteiger partial charge < -0.3 is 5.32 Å². The van der Waals surface area contributed by atoms with Crippen LogP contribution in [-0.2, 0) is 0 Å². The molecule has 2 aliphatic heterocycles. The Labute approximate surface area is 113 Å². The van der Waals surface area contributed by atoms with E-state index < -0.39 is 0 Å². The Kier molecular flexibility index (Phi) is 4.25. The van der Waals surface area contributed by atoms with E-state index in [4.69, 9.17) is 0 Å². The summed E-state index contributed by atoms with van der Waals surface area (Å²) in [6.45, 7) is 5.07. The standard InChI is InChI=1S/C16H30N2/c1-13-6-4-5-11-18(13)12-15-10-9-14-7-2-3-8-16(14)17-15/h13-17H,2-12H2,1H3. The van der Waals surface area contributed by atoms with Crippen LogP contribution >= 0.6 is 0 Å². The number of rotatable bonds is 2. The molecule has 4 unspecified atom stereocenters. The summed E-state index contributed by atoms with van der Waals surface area (Å²) in [6.07, 6.45) is 13.1. The van der Waals surface area contributed by atoms with Crippen LogP contribution in [0.1, 0.15) is 64.7 Å². The Bertz CT molecular complexity index is 266. The van der Waals surface area contributed by atoms with Crippen LogP contribution in [0.5, 0.6) is 0 Å². The third-order valence-electron chi connectivity index (χ3n) is 5.64. The lowest BCUT2D eigenvalue weighted by Gasteiger charge is -2.43. The summed E-state index contributed by atoms with van der Waals surface area (Å²) in [5, 5.41) is 3.98. The molecule has 3 rings (SSSR count). The van der Waals surface area contributed by atoms with Crippen molar-refractivity contribution in [2.24, 2.45) is 5.92 Å². The highest BCUT2D eigenvalue weighted by Gasteiger charge is 2.32. The summed E-state index contributed by atoms with van der Waals surface area (Å²) in [5.74, 6) is 1.01. The van der Waals surface area contributed by atoms with Crippen LogP contribution in [0.25, 0.3) is 0 Å². The maximum Gasteiger partial charge on any atom is 0.0197 e. The Hall–Kier alpha value is -0.0800. The maximum absolute atomic E-state index is 3.98. The molecule has 3 aliphatic rings. The van der Waals surface area contributed by atoms with E-state index in [0.717, 1.165) is 24.0 Å². The summed E-state index contributed by atoms with van der Waals surface area (Å²) in [4.78, 5) is 2.74. The molecule has 0 amide bonds. The lowest BCUT2D eigenvalue weighted by molar-refractivity contribution is 0.106. The molecule has 0 radical (unpaired) electrons. The van der Waals surface area contributed by atoms with E-state index in [9.17, 15) is 0 Å². The number of hydrogen-bond donors (Lipinski definition) is 1. The molecule has 0 aromatic rings. The molecule has 18 heavy (non-hydrogen) atoms. The second kappa shape index (κ2) is 5.92. The molecule has 0 spiro atoms. The van der Waals surface area contributed by atoms with Crippen LogP contribution < -0.4 is 5.32 Å². The van der Waals surface area contributed by atoms with Gasteiger partial charge in [-0.1, -0.05) is 19.3 Å². The first-order valence-electron chi connectivity index (χ1n) is 8.33. The zero-order valence-electron chi connectivity index (χ0n) is 12.0. The minimum absolute atomic E-state index is 0.782. The highest BCUT2D eigenvalue weighted by molar-refractivity contribution is 4.91. The Morgan fingerprint density at radius 2 is 1.78 bits per heavy atom. The van der Waals surface area contributed by atoms with Gasteiger partial charge in [-0.25, -0.2) is 0 Å². The van der Waals surface area contributed by atoms with Gasteiger partial charge in [0.05, 0.1) is 0 Å². The Morgan fingerprint density at radius 1 is 0.944 bits per heavy atom. The fraction of sp³-hybridized carbons (Fsp3) is 1.00. The van der Waals surface area contributed by atoms with E-state index in [2.05, 4.69) is 17.1 Å². The number of nitrogens with one attached hydrogen (secondary N) is 1. The van der Waals surface area contributed by atoms with Crippen molar-refractivity contribution >= 4 is 0 Å². The molecule has 1 saturated carbocycles. The fourth-order valence-electron chi connectivity index (χ4n) is 4.43. The minimum Gasteiger partial charge on any atom is -0.310 e. The van der Waals surface area contributed by atoms with Crippen molar-refractivity contribution in [3.8, 4) is 0 Å². The van der Waals surface area contributed by atoms with E-state index in [0.29, 0.717) is 0 Å². The van der Waals surface area contributed by atoms with Gasteiger partial charge in [0.25, 0.3) is 0 Å². The number of hydrogen-bond acceptors (Lipinski definition) is 2. The minimum atomic E-state index is 0.782. The van der Waals surface area contributed by atoms with Crippen LogP contribution in [-0.4, -0.2) is 36.1 Å². The molecule has 2 nitrogen and oxygen atoms in total. The second-order valence-electron chi connectivity index (χ2n) is 6.93. The first-order chi connectivity index (χ1) is 8.83. The zero-order valence-corrected chi connectivity index (χ0v) is 12.0. The second-order valence-corrected chi connectivity index (χ2v) is 6.93. The first kappa shape index (κ1) is 12.9. The fourth-order valence-corrected chi connectivity index (χ4v) is 4.43. The molecule has 104 valence electrons. The summed E-state index contributed by atoms with van der Waals surface area (Å²) in [6, 6.07) is 2.46. The van der Waals surface area contributed by atoms with Gasteiger partial charge in [-0.05, 0) is 57.9 Å². The third-order valence-corrected chi connectivity index (χ3v) is 5.64. The summed E-state index contributed by atoms with van der Waals surface area (Å²) >= 11 is 0. The SMILES string of the molecule is CC1CCCCN1CC1CCC2CCCCC2N1. The summed E-state index contributed by atoms with van der Waals surface area (Å²) in [7, 11) is 0. The Balaban J connectivity index is 1.51. The van der Waals surface area contributed by atoms with Crippen LogP contribution in [0.3, 0.4) is 0 Å². The van der Waals surface area contributed by atoms with Gasteiger partial charge in [-0.3, -0.25) is 4.90 Å². The largest absolute Gasteiger partial charge is 0.310 e. The van der Waals surface area contributed by atoms with Gasteiger partial charge in [-0.15, -0.1) is 0 Å². The van der Waals surface area contributed by atoms with Gasteiger partial charge in [-0.2, -0.15) is 0 Å². The van der Waals surface area contributed by atoms with Crippen molar-refractivity contribution in [1.82, 2.24) is 10.2 Å². The van der Waals surface area contributed by atoms with Crippen molar-refractivity contribution in [2.45, 2.75) is 82.8 Å². The predicted molar refractivity (Wildman–Crippen MR) is 76.8 cm³/mol. The molecular weight excluding hydrogens is 220 g/mol. The van der Waals surface area contributed by atoms with Gasteiger partial charge in [0.1, 0.15) is 0 Å². The lowest BCUT2D eigenvalue weighted by Crippen LogP contribution is -2.54. The highest BCUT2D eigenvalue weighted by Crippen LogP contribution is 2.32. The van der Waals surface area contributed by atoms with E-state index in [1.54, 1.807) is 0 Å². The quantitative estimate of drug-likeness (QED) is 0.810. The van der Waals surface area contributed by atoms with Gasteiger partial charge in [0, 0.05) is 24.7 Å².